The van der Waals surface area contributed by atoms with Crippen molar-refractivity contribution in [3.8, 4) is 17.3 Å². The van der Waals surface area contributed by atoms with Gasteiger partial charge in [0.15, 0.2) is 11.6 Å². The van der Waals surface area contributed by atoms with Crippen molar-refractivity contribution in [3.63, 3.8) is 0 Å². The Bertz CT molecular complexity index is 944. The van der Waals surface area contributed by atoms with Crippen molar-refractivity contribution in [3.05, 3.63) is 71.7 Å². The number of aliphatic hydroxyl groups excluding tert-OH is 1. The zero-order valence-corrected chi connectivity index (χ0v) is 18.0. The van der Waals surface area contributed by atoms with Gasteiger partial charge in [0.2, 0.25) is 5.88 Å². The molecule has 1 heterocycles. The largest absolute Gasteiger partial charge is 0.435 e. The number of rotatable bonds is 9. The summed E-state index contributed by atoms with van der Waals surface area (Å²) in [5.74, 6) is 0.652. The van der Waals surface area contributed by atoms with Crippen LogP contribution in [0.15, 0.2) is 54.6 Å². The van der Waals surface area contributed by atoms with E-state index in [9.17, 15) is 9.50 Å². The van der Waals surface area contributed by atoms with E-state index in [1.165, 1.54) is 6.07 Å². The van der Waals surface area contributed by atoms with Crippen LogP contribution in [-0.4, -0.2) is 39.0 Å². The van der Waals surface area contributed by atoms with E-state index in [0.717, 1.165) is 23.5 Å². The minimum Gasteiger partial charge on any atom is -0.435 e. The average Bonchev–Trinajstić information content (AvgIpc) is 2.99. The van der Waals surface area contributed by atoms with Gasteiger partial charge in [0.05, 0.1) is 23.0 Å². The number of para-hydroxylation sites is 2. The van der Waals surface area contributed by atoms with Gasteiger partial charge in [0.25, 0.3) is 0 Å². The predicted octanol–water partition coefficient (Wildman–Crippen LogP) is 4.95. The molecule has 6 heteroatoms. The number of hydrogen-bond acceptors (Lipinski definition) is 4. The van der Waals surface area contributed by atoms with Crippen molar-refractivity contribution in [1.82, 2.24) is 14.7 Å². The van der Waals surface area contributed by atoms with Gasteiger partial charge in [0, 0.05) is 19.6 Å². The van der Waals surface area contributed by atoms with Crippen molar-refractivity contribution < 1.29 is 14.2 Å². The van der Waals surface area contributed by atoms with Gasteiger partial charge in [-0.15, -0.1) is 0 Å². The first-order valence-corrected chi connectivity index (χ1v) is 10.3. The van der Waals surface area contributed by atoms with E-state index in [1.807, 2.05) is 37.3 Å². The Kier molecular flexibility index (Phi) is 7.24. The van der Waals surface area contributed by atoms with E-state index >= 15 is 0 Å². The van der Waals surface area contributed by atoms with E-state index in [2.05, 4.69) is 18.7 Å². The van der Waals surface area contributed by atoms with Gasteiger partial charge in [-0.2, -0.15) is 5.10 Å². The minimum absolute atomic E-state index is 0.154. The summed E-state index contributed by atoms with van der Waals surface area (Å²) in [7, 11) is 0. The summed E-state index contributed by atoms with van der Waals surface area (Å²) >= 11 is 0. The SMILES string of the molecule is Cc1nn(-c2ccccc2)c(Oc2ccccc2F)c1CN(CC(C)C)C[C@@H](C)O. The minimum atomic E-state index is -0.454. The lowest BCUT2D eigenvalue weighted by Gasteiger charge is -2.26. The Hall–Kier alpha value is -2.70. The van der Waals surface area contributed by atoms with Crippen molar-refractivity contribution in [2.45, 2.75) is 40.3 Å². The molecule has 0 radical (unpaired) electrons. The molecular weight excluding hydrogens is 381 g/mol. The molecule has 3 rings (SSSR count). The molecule has 2 aromatic carbocycles. The van der Waals surface area contributed by atoms with Crippen LogP contribution >= 0.6 is 0 Å². The number of ether oxygens (including phenoxy) is 1. The summed E-state index contributed by atoms with van der Waals surface area (Å²) in [5.41, 5.74) is 2.53. The van der Waals surface area contributed by atoms with Crippen LogP contribution in [0, 0.1) is 18.7 Å². The molecule has 0 amide bonds. The van der Waals surface area contributed by atoms with E-state index in [1.54, 1.807) is 29.8 Å². The average molecular weight is 412 g/mol. The molecule has 160 valence electrons. The molecule has 30 heavy (non-hydrogen) atoms. The summed E-state index contributed by atoms with van der Waals surface area (Å²) < 4.78 is 22.2. The van der Waals surface area contributed by atoms with Crippen LogP contribution in [0.1, 0.15) is 32.0 Å². The summed E-state index contributed by atoms with van der Waals surface area (Å²) in [6.07, 6.45) is -0.454. The molecular formula is C24H30FN3O2. The Balaban J connectivity index is 2.05. The lowest BCUT2D eigenvalue weighted by atomic mass is 10.1. The van der Waals surface area contributed by atoms with Gasteiger partial charge in [0.1, 0.15) is 0 Å². The monoisotopic (exact) mass is 411 g/mol. The number of aromatic nitrogens is 2. The summed E-state index contributed by atoms with van der Waals surface area (Å²) in [6, 6.07) is 16.0. The Morgan fingerprint density at radius 1 is 1.03 bits per heavy atom. The number of hydrogen-bond donors (Lipinski definition) is 1. The second-order valence-electron chi connectivity index (χ2n) is 8.09. The van der Waals surface area contributed by atoms with Crippen molar-refractivity contribution >= 4 is 0 Å². The van der Waals surface area contributed by atoms with E-state index < -0.39 is 11.9 Å². The highest BCUT2D eigenvalue weighted by Gasteiger charge is 2.23. The Morgan fingerprint density at radius 3 is 2.33 bits per heavy atom. The van der Waals surface area contributed by atoms with Crippen LogP contribution in [0.4, 0.5) is 4.39 Å². The predicted molar refractivity (Wildman–Crippen MR) is 117 cm³/mol. The number of aliphatic hydroxyl groups is 1. The van der Waals surface area contributed by atoms with E-state index in [4.69, 9.17) is 9.84 Å². The van der Waals surface area contributed by atoms with Crippen LogP contribution in [0.3, 0.4) is 0 Å². The van der Waals surface area contributed by atoms with E-state index in [0.29, 0.717) is 24.9 Å². The van der Waals surface area contributed by atoms with Gasteiger partial charge in [-0.25, -0.2) is 9.07 Å². The fraction of sp³-hybridized carbons (Fsp3) is 0.375. The van der Waals surface area contributed by atoms with Crippen LogP contribution in [-0.2, 0) is 6.54 Å². The summed E-state index contributed by atoms with van der Waals surface area (Å²) in [6.45, 7) is 9.90. The maximum absolute atomic E-state index is 14.4. The van der Waals surface area contributed by atoms with Crippen LogP contribution in [0.25, 0.3) is 5.69 Å². The molecule has 1 atom stereocenters. The second-order valence-corrected chi connectivity index (χ2v) is 8.09. The van der Waals surface area contributed by atoms with Gasteiger partial charge in [-0.1, -0.05) is 44.2 Å². The molecule has 0 spiro atoms. The molecule has 0 saturated carbocycles. The zero-order valence-electron chi connectivity index (χ0n) is 18.0. The first-order valence-electron chi connectivity index (χ1n) is 10.3. The van der Waals surface area contributed by atoms with Gasteiger partial charge in [-0.05, 0) is 44.0 Å². The topological polar surface area (TPSA) is 50.5 Å². The standard InChI is InChI=1S/C24H30FN3O2/c1-17(2)14-27(15-18(3)29)16-21-19(4)26-28(20-10-6-5-7-11-20)24(21)30-23-13-9-8-12-22(23)25/h5-13,17-18,29H,14-16H2,1-4H3/t18-/m1/s1. The zero-order chi connectivity index (χ0) is 21.7. The molecule has 0 saturated heterocycles. The fourth-order valence-corrected chi connectivity index (χ4v) is 3.52. The van der Waals surface area contributed by atoms with Gasteiger partial charge < -0.3 is 9.84 Å². The van der Waals surface area contributed by atoms with Crippen LogP contribution in [0.5, 0.6) is 11.6 Å². The maximum atomic E-state index is 14.4. The smallest absolute Gasteiger partial charge is 0.227 e. The lowest BCUT2D eigenvalue weighted by Crippen LogP contribution is -2.33. The Labute approximate surface area is 177 Å². The molecule has 0 aliphatic heterocycles. The Morgan fingerprint density at radius 2 is 1.70 bits per heavy atom. The second kappa shape index (κ2) is 9.87. The molecule has 0 aliphatic rings. The highest BCUT2D eigenvalue weighted by atomic mass is 19.1. The lowest BCUT2D eigenvalue weighted by molar-refractivity contribution is 0.114. The molecule has 1 aromatic heterocycles. The third kappa shape index (κ3) is 5.46. The maximum Gasteiger partial charge on any atom is 0.227 e. The number of nitrogens with zero attached hydrogens (tertiary/aromatic N) is 3. The fourth-order valence-electron chi connectivity index (χ4n) is 3.52. The first kappa shape index (κ1) is 22.0. The molecule has 1 N–H and O–H groups in total. The summed E-state index contributed by atoms with van der Waals surface area (Å²) in [4.78, 5) is 2.18. The van der Waals surface area contributed by atoms with Gasteiger partial charge >= 0.3 is 0 Å². The quantitative estimate of drug-likeness (QED) is 0.541. The van der Waals surface area contributed by atoms with E-state index in [-0.39, 0.29) is 5.75 Å². The third-order valence-electron chi connectivity index (χ3n) is 4.71. The van der Waals surface area contributed by atoms with Crippen LogP contribution in [0.2, 0.25) is 0 Å². The molecule has 5 nitrogen and oxygen atoms in total. The molecule has 0 aliphatic carbocycles. The van der Waals surface area contributed by atoms with Gasteiger partial charge in [-0.3, -0.25) is 4.90 Å². The van der Waals surface area contributed by atoms with Crippen LogP contribution < -0.4 is 4.74 Å². The number of halogens is 1. The summed E-state index contributed by atoms with van der Waals surface area (Å²) in [5, 5.41) is 14.7. The first-order chi connectivity index (χ1) is 14.3. The number of aryl methyl sites for hydroxylation is 1. The van der Waals surface area contributed by atoms with Crippen molar-refractivity contribution in [2.24, 2.45) is 5.92 Å². The normalized spacial score (nSPS) is 12.5. The van der Waals surface area contributed by atoms with Crippen molar-refractivity contribution in [1.29, 1.82) is 0 Å². The molecule has 0 fully saturated rings. The highest BCUT2D eigenvalue weighted by molar-refractivity contribution is 5.43. The molecule has 3 aromatic rings. The highest BCUT2D eigenvalue weighted by Crippen LogP contribution is 2.32. The number of benzene rings is 2. The molecule has 0 unspecified atom stereocenters. The third-order valence-corrected chi connectivity index (χ3v) is 4.71. The molecule has 0 bridgehead atoms. The van der Waals surface area contributed by atoms with Crippen molar-refractivity contribution in [2.75, 3.05) is 13.1 Å².